The van der Waals surface area contributed by atoms with Crippen LogP contribution in [0.5, 0.6) is 0 Å². The summed E-state index contributed by atoms with van der Waals surface area (Å²) in [4.78, 5) is 0.964. The molecule has 0 atom stereocenters. The third kappa shape index (κ3) is 5.40. The van der Waals surface area contributed by atoms with Crippen molar-refractivity contribution >= 4 is 37.5 Å². The fourth-order valence-corrected chi connectivity index (χ4v) is 3.76. The lowest BCUT2D eigenvalue weighted by atomic mass is 10.1. The van der Waals surface area contributed by atoms with Gasteiger partial charge in [0, 0.05) is 26.8 Å². The summed E-state index contributed by atoms with van der Waals surface area (Å²) in [6.07, 6.45) is 0. The van der Waals surface area contributed by atoms with Crippen LogP contribution in [-0.4, -0.2) is 14.0 Å². The maximum atomic E-state index is 11.6. The molecule has 1 aromatic heterocycles. The molecule has 0 saturated carbocycles. The van der Waals surface area contributed by atoms with Crippen LogP contribution < -0.4 is 9.44 Å². The van der Waals surface area contributed by atoms with Crippen LogP contribution in [0.2, 0.25) is 0 Å². The topological polar surface area (TPSA) is 58.2 Å². The van der Waals surface area contributed by atoms with Crippen molar-refractivity contribution in [3.8, 4) is 0 Å². The van der Waals surface area contributed by atoms with E-state index in [4.69, 9.17) is 0 Å². The molecule has 0 radical (unpaired) electrons. The Kier molecular flexibility index (Phi) is 4.53. The molecule has 0 fully saturated rings. The van der Waals surface area contributed by atoms with Gasteiger partial charge in [-0.15, -0.1) is 11.3 Å². The molecule has 0 bridgehead atoms. The van der Waals surface area contributed by atoms with E-state index in [-0.39, 0.29) is 0 Å². The van der Waals surface area contributed by atoms with Crippen LogP contribution >= 0.6 is 27.3 Å². The molecule has 0 aliphatic heterocycles. The molecule has 7 heteroatoms. The van der Waals surface area contributed by atoms with Crippen LogP contribution in [0.3, 0.4) is 0 Å². The first-order valence-electron chi connectivity index (χ1n) is 4.69. The number of hydrogen-bond donors (Lipinski definition) is 2. The molecule has 0 aromatic carbocycles. The van der Waals surface area contributed by atoms with Gasteiger partial charge in [0.2, 0.25) is 0 Å². The zero-order valence-corrected chi connectivity index (χ0v) is 12.6. The molecule has 1 aromatic rings. The van der Waals surface area contributed by atoms with Gasteiger partial charge < -0.3 is 0 Å². The predicted molar refractivity (Wildman–Crippen MR) is 70.7 cm³/mol. The maximum absolute atomic E-state index is 11.6. The van der Waals surface area contributed by atoms with E-state index in [1.54, 1.807) is 20.8 Å². The normalized spacial score (nSPS) is 13.0. The van der Waals surface area contributed by atoms with Gasteiger partial charge in [-0.1, -0.05) is 0 Å². The Morgan fingerprint density at radius 3 is 2.50 bits per heavy atom. The zero-order valence-electron chi connectivity index (χ0n) is 9.37. The van der Waals surface area contributed by atoms with Crippen molar-refractivity contribution in [1.29, 1.82) is 0 Å². The van der Waals surface area contributed by atoms with Gasteiger partial charge in [0.1, 0.15) is 0 Å². The summed E-state index contributed by atoms with van der Waals surface area (Å²) in [5.41, 5.74) is -0.470. The SMILES string of the molecule is CC(C)(C)NS(=O)(=O)NCc1cc(Br)cs1. The minimum atomic E-state index is -3.44. The van der Waals surface area contributed by atoms with Crippen molar-refractivity contribution in [3.63, 3.8) is 0 Å². The average molecular weight is 327 g/mol. The second-order valence-corrected chi connectivity index (χ2v) is 7.82. The van der Waals surface area contributed by atoms with Gasteiger partial charge >= 0.3 is 0 Å². The maximum Gasteiger partial charge on any atom is 0.277 e. The largest absolute Gasteiger partial charge is 0.277 e. The second-order valence-electron chi connectivity index (χ2n) is 4.41. The Hall–Kier alpha value is 0.0500. The Morgan fingerprint density at radius 2 is 2.06 bits per heavy atom. The van der Waals surface area contributed by atoms with Crippen molar-refractivity contribution in [2.45, 2.75) is 32.9 Å². The summed E-state index contributed by atoms with van der Waals surface area (Å²) in [5, 5.41) is 1.92. The molecule has 0 unspecified atom stereocenters. The van der Waals surface area contributed by atoms with Gasteiger partial charge in [0.15, 0.2) is 0 Å². The van der Waals surface area contributed by atoms with Gasteiger partial charge in [-0.25, -0.2) is 0 Å². The van der Waals surface area contributed by atoms with Gasteiger partial charge in [-0.2, -0.15) is 17.9 Å². The van der Waals surface area contributed by atoms with Gasteiger partial charge in [-0.3, -0.25) is 0 Å². The fourth-order valence-electron chi connectivity index (χ4n) is 1.05. The van der Waals surface area contributed by atoms with Crippen LogP contribution in [0, 0.1) is 0 Å². The Bertz CT molecular complexity index is 448. The van der Waals surface area contributed by atoms with Crippen molar-refractivity contribution in [2.75, 3.05) is 0 Å². The standard InChI is InChI=1S/C9H15BrN2O2S2/c1-9(2,3)12-16(13,14)11-5-8-4-7(10)6-15-8/h4,6,11-12H,5H2,1-3H3. The molecule has 1 rings (SSSR count). The Balaban J connectivity index is 2.55. The van der Waals surface area contributed by atoms with Crippen LogP contribution in [0.15, 0.2) is 15.9 Å². The summed E-state index contributed by atoms with van der Waals surface area (Å²) < 4.78 is 29.2. The van der Waals surface area contributed by atoms with E-state index in [1.165, 1.54) is 11.3 Å². The fraction of sp³-hybridized carbons (Fsp3) is 0.556. The van der Waals surface area contributed by atoms with E-state index in [0.29, 0.717) is 6.54 Å². The highest BCUT2D eigenvalue weighted by molar-refractivity contribution is 9.10. The third-order valence-corrected chi connectivity index (χ3v) is 4.60. The van der Waals surface area contributed by atoms with E-state index in [9.17, 15) is 8.42 Å². The molecule has 92 valence electrons. The highest BCUT2D eigenvalue weighted by atomic mass is 79.9. The van der Waals surface area contributed by atoms with E-state index >= 15 is 0 Å². The van der Waals surface area contributed by atoms with Crippen LogP contribution in [0.1, 0.15) is 25.6 Å². The molecule has 0 saturated heterocycles. The lowest BCUT2D eigenvalue weighted by Crippen LogP contribution is -2.46. The molecule has 16 heavy (non-hydrogen) atoms. The molecular formula is C9H15BrN2O2S2. The number of rotatable bonds is 4. The molecule has 0 amide bonds. The Labute approximate surface area is 109 Å². The summed E-state index contributed by atoms with van der Waals surface area (Å²) >= 11 is 4.83. The average Bonchev–Trinajstić information content (AvgIpc) is 2.44. The molecule has 4 nitrogen and oxygen atoms in total. The predicted octanol–water partition coefficient (Wildman–Crippen LogP) is 2.23. The number of hydrogen-bond acceptors (Lipinski definition) is 3. The van der Waals surface area contributed by atoms with Crippen molar-refractivity contribution in [2.24, 2.45) is 0 Å². The quantitative estimate of drug-likeness (QED) is 0.891. The Morgan fingerprint density at radius 1 is 1.44 bits per heavy atom. The number of halogens is 1. The smallest absolute Gasteiger partial charge is 0.197 e. The molecule has 0 aliphatic rings. The molecule has 0 aliphatic carbocycles. The van der Waals surface area contributed by atoms with E-state index in [2.05, 4.69) is 25.4 Å². The number of thiophene rings is 1. The first kappa shape index (κ1) is 14.1. The van der Waals surface area contributed by atoms with E-state index in [1.807, 2.05) is 11.4 Å². The first-order chi connectivity index (χ1) is 7.18. The summed E-state index contributed by atoms with van der Waals surface area (Å²) in [6, 6.07) is 1.89. The number of nitrogens with one attached hydrogen (secondary N) is 2. The molecule has 0 spiro atoms. The molecule has 1 heterocycles. The molecular weight excluding hydrogens is 312 g/mol. The summed E-state index contributed by atoms with van der Waals surface area (Å²) in [7, 11) is -3.44. The monoisotopic (exact) mass is 326 g/mol. The lowest BCUT2D eigenvalue weighted by molar-refractivity contribution is 0.484. The van der Waals surface area contributed by atoms with Crippen molar-refractivity contribution < 1.29 is 8.42 Å². The second kappa shape index (κ2) is 5.14. The van der Waals surface area contributed by atoms with Crippen molar-refractivity contribution in [1.82, 2.24) is 9.44 Å². The first-order valence-corrected chi connectivity index (χ1v) is 7.85. The van der Waals surface area contributed by atoms with Gasteiger partial charge in [0.05, 0.1) is 0 Å². The van der Waals surface area contributed by atoms with E-state index < -0.39 is 15.7 Å². The van der Waals surface area contributed by atoms with Crippen LogP contribution in [-0.2, 0) is 16.8 Å². The highest BCUT2D eigenvalue weighted by Crippen LogP contribution is 2.19. The molecule has 2 N–H and O–H groups in total. The third-order valence-electron chi connectivity index (χ3n) is 1.50. The van der Waals surface area contributed by atoms with E-state index in [0.717, 1.165) is 9.35 Å². The highest BCUT2D eigenvalue weighted by Gasteiger charge is 2.19. The minimum absolute atomic E-state index is 0.307. The van der Waals surface area contributed by atoms with Gasteiger partial charge in [-0.05, 0) is 42.8 Å². The minimum Gasteiger partial charge on any atom is -0.197 e. The van der Waals surface area contributed by atoms with Crippen molar-refractivity contribution in [3.05, 3.63) is 20.8 Å². The van der Waals surface area contributed by atoms with Gasteiger partial charge in [0.25, 0.3) is 10.2 Å². The van der Waals surface area contributed by atoms with Crippen LogP contribution in [0.4, 0.5) is 0 Å². The zero-order chi connectivity index (χ0) is 12.4. The summed E-state index contributed by atoms with van der Waals surface area (Å²) in [6.45, 7) is 5.71. The summed E-state index contributed by atoms with van der Waals surface area (Å²) in [5.74, 6) is 0. The lowest BCUT2D eigenvalue weighted by Gasteiger charge is -2.20. The van der Waals surface area contributed by atoms with Crippen LogP contribution in [0.25, 0.3) is 0 Å².